The monoisotopic (exact) mass is 255 g/mol. The van der Waals surface area contributed by atoms with E-state index in [1.807, 2.05) is 16.9 Å². The van der Waals surface area contributed by atoms with Crippen molar-refractivity contribution in [3.8, 4) is 5.69 Å². The minimum absolute atomic E-state index is 0.709. The van der Waals surface area contributed by atoms with Gasteiger partial charge in [-0.1, -0.05) is 19.1 Å². The maximum Gasteiger partial charge on any atom is 0.0645 e. The number of hydrogen-bond donors (Lipinski definition) is 1. The third kappa shape index (κ3) is 3.04. The van der Waals surface area contributed by atoms with Crippen LogP contribution in [0.2, 0.25) is 0 Å². The first-order valence-corrected chi connectivity index (χ1v) is 7.13. The Balaban J connectivity index is 1.57. The number of benzene rings is 1. The van der Waals surface area contributed by atoms with Crippen LogP contribution in [0.25, 0.3) is 5.69 Å². The third-order valence-corrected chi connectivity index (χ3v) is 3.99. The van der Waals surface area contributed by atoms with Crippen LogP contribution in [0.3, 0.4) is 0 Å². The molecule has 1 aliphatic rings. The van der Waals surface area contributed by atoms with Crippen molar-refractivity contribution in [3.05, 3.63) is 48.3 Å². The van der Waals surface area contributed by atoms with Gasteiger partial charge in [-0.2, -0.15) is 5.10 Å². The lowest BCUT2D eigenvalue weighted by Gasteiger charge is -2.12. The Kier molecular flexibility index (Phi) is 3.65. The lowest BCUT2D eigenvalue weighted by molar-refractivity contribution is 0.502. The van der Waals surface area contributed by atoms with E-state index in [9.17, 15) is 0 Å². The van der Waals surface area contributed by atoms with Crippen LogP contribution >= 0.6 is 0 Å². The van der Waals surface area contributed by atoms with Gasteiger partial charge in [0.25, 0.3) is 0 Å². The predicted molar refractivity (Wildman–Crippen MR) is 77.2 cm³/mol. The first kappa shape index (κ1) is 12.4. The van der Waals surface area contributed by atoms with E-state index in [0.29, 0.717) is 6.04 Å². The van der Waals surface area contributed by atoms with E-state index in [-0.39, 0.29) is 0 Å². The van der Waals surface area contributed by atoms with Gasteiger partial charge in [-0.25, -0.2) is 4.68 Å². The van der Waals surface area contributed by atoms with Gasteiger partial charge >= 0.3 is 0 Å². The van der Waals surface area contributed by atoms with E-state index in [1.54, 1.807) is 6.20 Å². The smallest absolute Gasteiger partial charge is 0.0645 e. The number of hydrogen-bond acceptors (Lipinski definition) is 2. The molecule has 2 unspecified atom stereocenters. The molecule has 0 bridgehead atoms. The number of aromatic nitrogens is 2. The number of nitrogens with one attached hydrogen (secondary N) is 1. The van der Waals surface area contributed by atoms with Gasteiger partial charge in [0.2, 0.25) is 0 Å². The molecule has 0 aliphatic heterocycles. The third-order valence-electron chi connectivity index (χ3n) is 3.99. The lowest BCUT2D eigenvalue weighted by atomic mass is 10.1. The van der Waals surface area contributed by atoms with E-state index in [4.69, 9.17) is 0 Å². The Morgan fingerprint density at radius 1 is 1.26 bits per heavy atom. The summed E-state index contributed by atoms with van der Waals surface area (Å²) in [5.41, 5.74) is 2.46. The van der Waals surface area contributed by atoms with E-state index in [0.717, 1.165) is 18.2 Å². The topological polar surface area (TPSA) is 29.9 Å². The Morgan fingerprint density at radius 2 is 2.11 bits per heavy atom. The van der Waals surface area contributed by atoms with Gasteiger partial charge in [-0.15, -0.1) is 0 Å². The molecule has 0 radical (unpaired) electrons. The molecule has 0 amide bonds. The molecule has 3 heteroatoms. The highest BCUT2D eigenvalue weighted by Gasteiger charge is 2.20. The molecule has 2 aromatic rings. The molecule has 2 atom stereocenters. The van der Waals surface area contributed by atoms with Crippen molar-refractivity contribution in [1.29, 1.82) is 0 Å². The van der Waals surface area contributed by atoms with Crippen molar-refractivity contribution < 1.29 is 0 Å². The van der Waals surface area contributed by atoms with Crippen LogP contribution in [-0.2, 0) is 6.54 Å². The van der Waals surface area contributed by atoms with Gasteiger partial charge in [0.1, 0.15) is 0 Å². The fourth-order valence-corrected chi connectivity index (χ4v) is 2.84. The van der Waals surface area contributed by atoms with Crippen LogP contribution in [0.1, 0.15) is 31.7 Å². The fraction of sp³-hybridized carbons (Fsp3) is 0.438. The molecule has 1 heterocycles. The molecule has 19 heavy (non-hydrogen) atoms. The average Bonchev–Trinajstić information content (AvgIpc) is 3.08. The van der Waals surface area contributed by atoms with Crippen molar-refractivity contribution in [2.75, 3.05) is 0 Å². The van der Waals surface area contributed by atoms with E-state index in [1.165, 1.54) is 24.8 Å². The Bertz CT molecular complexity index is 501. The maximum absolute atomic E-state index is 4.23. The zero-order valence-corrected chi connectivity index (χ0v) is 11.4. The molecule has 1 aliphatic carbocycles. The summed E-state index contributed by atoms with van der Waals surface area (Å²) < 4.78 is 1.88. The van der Waals surface area contributed by atoms with Gasteiger partial charge in [-0.05, 0) is 48.9 Å². The summed E-state index contributed by atoms with van der Waals surface area (Å²) >= 11 is 0. The fourth-order valence-electron chi connectivity index (χ4n) is 2.84. The van der Waals surface area contributed by atoms with Crippen LogP contribution in [0.15, 0.2) is 42.7 Å². The molecule has 1 aromatic heterocycles. The standard InChI is InChI=1S/C16H21N3/c1-13-3-6-15(11-13)17-12-14-4-7-16(8-5-14)19-10-2-9-18-19/h2,4-5,7-10,13,15,17H,3,6,11-12H2,1H3. The predicted octanol–water partition coefficient (Wildman–Crippen LogP) is 3.15. The van der Waals surface area contributed by atoms with E-state index >= 15 is 0 Å². The molecule has 1 aromatic carbocycles. The highest BCUT2D eigenvalue weighted by molar-refractivity contribution is 5.33. The maximum atomic E-state index is 4.23. The second kappa shape index (κ2) is 5.57. The van der Waals surface area contributed by atoms with Gasteiger partial charge in [-0.3, -0.25) is 0 Å². The highest BCUT2D eigenvalue weighted by atomic mass is 15.3. The first-order valence-electron chi connectivity index (χ1n) is 7.13. The van der Waals surface area contributed by atoms with Crippen molar-refractivity contribution >= 4 is 0 Å². The zero-order valence-electron chi connectivity index (χ0n) is 11.4. The Morgan fingerprint density at radius 3 is 2.74 bits per heavy atom. The molecule has 1 saturated carbocycles. The zero-order chi connectivity index (χ0) is 13.1. The molecule has 0 saturated heterocycles. The van der Waals surface area contributed by atoms with Crippen molar-refractivity contribution in [1.82, 2.24) is 15.1 Å². The molecule has 3 nitrogen and oxygen atoms in total. The Labute approximate surface area is 114 Å². The summed E-state index contributed by atoms with van der Waals surface area (Å²) in [6.45, 7) is 3.32. The molecule has 100 valence electrons. The van der Waals surface area contributed by atoms with Crippen LogP contribution in [0.4, 0.5) is 0 Å². The van der Waals surface area contributed by atoms with Gasteiger partial charge in [0.15, 0.2) is 0 Å². The second-order valence-corrected chi connectivity index (χ2v) is 5.61. The minimum Gasteiger partial charge on any atom is -0.310 e. The summed E-state index contributed by atoms with van der Waals surface area (Å²) in [4.78, 5) is 0. The summed E-state index contributed by atoms with van der Waals surface area (Å²) in [6, 6.07) is 11.3. The normalized spacial score (nSPS) is 22.8. The average molecular weight is 255 g/mol. The summed E-state index contributed by atoms with van der Waals surface area (Å²) in [5.74, 6) is 0.889. The minimum atomic E-state index is 0.709. The second-order valence-electron chi connectivity index (χ2n) is 5.61. The summed E-state index contributed by atoms with van der Waals surface area (Å²) in [5, 5.41) is 7.89. The molecular formula is C16H21N3. The van der Waals surface area contributed by atoms with Crippen LogP contribution in [-0.4, -0.2) is 15.8 Å². The molecule has 3 rings (SSSR count). The van der Waals surface area contributed by atoms with Crippen molar-refractivity contribution in [3.63, 3.8) is 0 Å². The quantitative estimate of drug-likeness (QED) is 0.909. The van der Waals surface area contributed by atoms with Crippen LogP contribution in [0.5, 0.6) is 0 Å². The molecule has 1 N–H and O–H groups in total. The van der Waals surface area contributed by atoms with E-state index in [2.05, 4.69) is 41.6 Å². The summed E-state index contributed by atoms with van der Waals surface area (Å²) in [6.07, 6.45) is 7.79. The molecular weight excluding hydrogens is 234 g/mol. The van der Waals surface area contributed by atoms with Crippen LogP contribution in [0, 0.1) is 5.92 Å². The number of rotatable bonds is 4. The summed E-state index contributed by atoms with van der Waals surface area (Å²) in [7, 11) is 0. The number of nitrogens with zero attached hydrogens (tertiary/aromatic N) is 2. The first-order chi connectivity index (χ1) is 9.31. The van der Waals surface area contributed by atoms with Crippen molar-refractivity contribution in [2.24, 2.45) is 5.92 Å². The van der Waals surface area contributed by atoms with Crippen molar-refractivity contribution in [2.45, 2.75) is 38.8 Å². The highest BCUT2D eigenvalue weighted by Crippen LogP contribution is 2.24. The van der Waals surface area contributed by atoms with E-state index < -0.39 is 0 Å². The molecule has 1 fully saturated rings. The van der Waals surface area contributed by atoms with Gasteiger partial charge in [0.05, 0.1) is 5.69 Å². The van der Waals surface area contributed by atoms with Gasteiger partial charge < -0.3 is 5.32 Å². The largest absolute Gasteiger partial charge is 0.310 e. The molecule has 0 spiro atoms. The Hall–Kier alpha value is -1.61. The lowest BCUT2D eigenvalue weighted by Crippen LogP contribution is -2.25. The van der Waals surface area contributed by atoms with Gasteiger partial charge in [0, 0.05) is 25.0 Å². The SMILES string of the molecule is CC1CCC(NCc2ccc(-n3cccn3)cc2)C1. The van der Waals surface area contributed by atoms with Crippen LogP contribution < -0.4 is 5.32 Å².